The Balaban J connectivity index is 1.73. The van der Waals surface area contributed by atoms with E-state index in [1.54, 1.807) is 54.7 Å². The first kappa shape index (κ1) is 36.3. The molecular weight excluding hydrogens is 626 g/mol. The molecule has 258 valence electrons. The second-order valence-corrected chi connectivity index (χ2v) is 14.6. The summed E-state index contributed by atoms with van der Waals surface area (Å²) in [5, 5.41) is 14.1. The molecule has 0 radical (unpaired) electrons. The molecule has 3 amide bonds. The Kier molecular flexibility index (Phi) is 9.72. The lowest BCUT2D eigenvalue weighted by molar-refractivity contribution is 0.00578. The standard InChI is InChI=1S/C33H42BFN4O9/c1-30(2,3)44-28(42)38(11)18-19-12-13-21(23(35)14-19)24-16-25(46-37-24)22-15-20(34-47-32(7,8)33(9,10)48-34)17-36-26(22)39(27(40)41)29(43)45-31(4,5)6/h12-17H,18H2,1-11H3,(H,40,41). The molecule has 1 aliphatic heterocycles. The Labute approximate surface area is 279 Å². The highest BCUT2D eigenvalue weighted by Gasteiger charge is 2.52. The van der Waals surface area contributed by atoms with E-state index in [0.29, 0.717) is 15.9 Å². The van der Waals surface area contributed by atoms with Crippen LogP contribution in [0.25, 0.3) is 22.6 Å². The average molecular weight is 669 g/mol. The summed E-state index contributed by atoms with van der Waals surface area (Å²) in [4.78, 5) is 43.9. The van der Waals surface area contributed by atoms with Crippen molar-refractivity contribution >= 4 is 36.7 Å². The minimum absolute atomic E-state index is 0.0196. The summed E-state index contributed by atoms with van der Waals surface area (Å²) in [6.07, 6.45) is -2.06. The second kappa shape index (κ2) is 12.8. The summed E-state index contributed by atoms with van der Waals surface area (Å²) < 4.78 is 44.1. The number of hydrogen-bond donors (Lipinski definition) is 1. The predicted octanol–water partition coefficient (Wildman–Crippen LogP) is 6.63. The highest BCUT2D eigenvalue weighted by atomic mass is 19.1. The monoisotopic (exact) mass is 668 g/mol. The number of aromatic nitrogens is 2. The van der Waals surface area contributed by atoms with Gasteiger partial charge in [-0.25, -0.2) is 23.8 Å². The largest absolute Gasteiger partial charge is 0.496 e. The molecule has 0 aliphatic carbocycles. The number of amides is 3. The molecule has 15 heteroatoms. The van der Waals surface area contributed by atoms with Gasteiger partial charge in [-0.05, 0) is 93.0 Å². The number of carbonyl (C=O) groups is 3. The minimum atomic E-state index is -1.65. The first-order valence-electron chi connectivity index (χ1n) is 15.3. The van der Waals surface area contributed by atoms with E-state index in [9.17, 15) is 19.5 Å². The molecule has 1 aromatic carbocycles. The smallest absolute Gasteiger partial charge is 0.464 e. The molecular formula is C33H42BFN4O9. The Morgan fingerprint density at radius 2 is 1.50 bits per heavy atom. The summed E-state index contributed by atoms with van der Waals surface area (Å²) >= 11 is 0. The van der Waals surface area contributed by atoms with Gasteiger partial charge in [-0.2, -0.15) is 4.90 Å². The van der Waals surface area contributed by atoms with Crippen LogP contribution in [0.3, 0.4) is 0 Å². The first-order chi connectivity index (χ1) is 22.0. The molecule has 0 spiro atoms. The van der Waals surface area contributed by atoms with Crippen LogP contribution in [0.2, 0.25) is 0 Å². The topological polar surface area (TPSA) is 154 Å². The molecule has 4 rings (SSSR count). The van der Waals surface area contributed by atoms with Crippen LogP contribution in [-0.4, -0.2) is 75.0 Å². The van der Waals surface area contributed by atoms with Crippen LogP contribution in [0.4, 0.5) is 24.6 Å². The van der Waals surface area contributed by atoms with Crippen LogP contribution in [0.15, 0.2) is 41.1 Å². The molecule has 3 heterocycles. The number of benzene rings is 1. The minimum Gasteiger partial charge on any atom is -0.464 e. The van der Waals surface area contributed by atoms with E-state index in [0.717, 1.165) is 0 Å². The predicted molar refractivity (Wildman–Crippen MR) is 175 cm³/mol. The van der Waals surface area contributed by atoms with Crippen molar-refractivity contribution in [2.45, 2.75) is 98.2 Å². The third-order valence-electron chi connectivity index (χ3n) is 7.60. The van der Waals surface area contributed by atoms with Crippen LogP contribution in [-0.2, 0) is 25.3 Å². The van der Waals surface area contributed by atoms with Gasteiger partial charge in [0.1, 0.15) is 22.7 Å². The van der Waals surface area contributed by atoms with Crippen molar-refractivity contribution in [1.82, 2.24) is 15.0 Å². The van der Waals surface area contributed by atoms with Crippen LogP contribution in [0.1, 0.15) is 74.8 Å². The van der Waals surface area contributed by atoms with Gasteiger partial charge in [0.25, 0.3) is 0 Å². The number of nitrogens with zero attached hydrogens (tertiary/aromatic N) is 4. The van der Waals surface area contributed by atoms with E-state index in [-0.39, 0.29) is 34.9 Å². The van der Waals surface area contributed by atoms with E-state index in [1.807, 2.05) is 27.7 Å². The summed E-state index contributed by atoms with van der Waals surface area (Å²) in [7, 11) is 0.659. The molecule has 1 aliphatic rings. The maximum atomic E-state index is 15.5. The fourth-order valence-corrected chi connectivity index (χ4v) is 4.58. The van der Waals surface area contributed by atoms with E-state index in [4.69, 9.17) is 23.3 Å². The van der Waals surface area contributed by atoms with Gasteiger partial charge in [0.2, 0.25) is 0 Å². The molecule has 1 fully saturated rings. The first-order valence-corrected chi connectivity index (χ1v) is 15.3. The Morgan fingerprint density at radius 1 is 0.917 bits per heavy atom. The van der Waals surface area contributed by atoms with Gasteiger partial charge in [0, 0.05) is 36.9 Å². The quantitative estimate of drug-likeness (QED) is 0.282. The van der Waals surface area contributed by atoms with Crippen molar-refractivity contribution in [3.05, 3.63) is 47.9 Å². The van der Waals surface area contributed by atoms with Gasteiger partial charge in [-0.1, -0.05) is 11.2 Å². The fourth-order valence-electron chi connectivity index (χ4n) is 4.58. The Hall–Kier alpha value is -4.50. The number of imide groups is 1. The molecule has 13 nitrogen and oxygen atoms in total. The van der Waals surface area contributed by atoms with Gasteiger partial charge in [0.05, 0.1) is 16.8 Å². The molecule has 0 atom stereocenters. The van der Waals surface area contributed by atoms with Crippen molar-refractivity contribution in [1.29, 1.82) is 0 Å². The number of halogens is 1. The third kappa shape index (κ3) is 8.13. The molecule has 0 bridgehead atoms. The van der Waals surface area contributed by atoms with Crippen molar-refractivity contribution in [3.8, 4) is 22.6 Å². The summed E-state index contributed by atoms with van der Waals surface area (Å²) in [5.74, 6) is -0.996. The lowest BCUT2D eigenvalue weighted by atomic mass is 9.79. The lowest BCUT2D eigenvalue weighted by Gasteiger charge is -2.32. The third-order valence-corrected chi connectivity index (χ3v) is 7.60. The van der Waals surface area contributed by atoms with Crippen molar-refractivity contribution in [3.63, 3.8) is 0 Å². The molecule has 3 aromatic rings. The van der Waals surface area contributed by atoms with E-state index in [2.05, 4.69) is 10.1 Å². The van der Waals surface area contributed by atoms with Crippen molar-refractivity contribution in [2.24, 2.45) is 0 Å². The number of pyridine rings is 1. The zero-order chi connectivity index (χ0) is 36.0. The molecule has 2 aromatic heterocycles. The average Bonchev–Trinajstić information content (AvgIpc) is 3.48. The molecule has 1 saturated heterocycles. The maximum Gasteiger partial charge on any atom is 0.496 e. The van der Waals surface area contributed by atoms with Gasteiger partial charge < -0.3 is 33.3 Å². The maximum absolute atomic E-state index is 15.5. The SMILES string of the molecule is CN(Cc1ccc(-c2cc(-c3cc(B4OC(C)(C)C(C)(C)O4)cnc3N(C(=O)O)C(=O)OC(C)(C)C)on2)c(F)c1)C(=O)OC(C)(C)C. The Morgan fingerprint density at radius 3 is 2.04 bits per heavy atom. The van der Waals surface area contributed by atoms with E-state index >= 15 is 4.39 Å². The van der Waals surface area contributed by atoms with Gasteiger partial charge in [0.15, 0.2) is 11.6 Å². The zero-order valence-corrected chi connectivity index (χ0v) is 29.1. The summed E-state index contributed by atoms with van der Waals surface area (Å²) in [6.45, 7) is 17.6. The van der Waals surface area contributed by atoms with Crippen LogP contribution in [0, 0.1) is 5.82 Å². The van der Waals surface area contributed by atoms with Gasteiger partial charge >= 0.3 is 25.4 Å². The van der Waals surface area contributed by atoms with Crippen LogP contribution in [0.5, 0.6) is 0 Å². The zero-order valence-electron chi connectivity index (χ0n) is 29.1. The van der Waals surface area contributed by atoms with E-state index < -0.39 is 53.6 Å². The fraction of sp³-hybridized carbons (Fsp3) is 0.485. The van der Waals surface area contributed by atoms with Gasteiger partial charge in [-0.3, -0.25) is 0 Å². The highest BCUT2D eigenvalue weighted by molar-refractivity contribution is 6.62. The highest BCUT2D eigenvalue weighted by Crippen LogP contribution is 2.38. The van der Waals surface area contributed by atoms with Crippen molar-refractivity contribution in [2.75, 3.05) is 11.9 Å². The molecule has 0 unspecified atom stereocenters. The number of rotatable bonds is 6. The number of carbonyl (C=O) groups excluding carboxylic acids is 2. The van der Waals surface area contributed by atoms with Gasteiger partial charge in [-0.15, -0.1) is 0 Å². The van der Waals surface area contributed by atoms with Crippen molar-refractivity contribution < 1.29 is 47.2 Å². The van der Waals surface area contributed by atoms with E-state index in [1.165, 1.54) is 35.4 Å². The number of ether oxygens (including phenoxy) is 2. The molecule has 1 N–H and O–H groups in total. The summed E-state index contributed by atoms with van der Waals surface area (Å²) in [5.41, 5.74) is -1.97. The number of anilines is 1. The molecule has 48 heavy (non-hydrogen) atoms. The Bertz CT molecular complexity index is 1700. The second-order valence-electron chi connectivity index (χ2n) is 14.6. The lowest BCUT2D eigenvalue weighted by Crippen LogP contribution is -2.42. The number of carboxylic acid groups (broad SMARTS) is 1. The number of hydrogen-bond acceptors (Lipinski definition) is 10. The summed E-state index contributed by atoms with van der Waals surface area (Å²) in [6, 6.07) is 7.30. The van der Waals surface area contributed by atoms with Crippen LogP contribution < -0.4 is 10.4 Å². The van der Waals surface area contributed by atoms with Crippen LogP contribution >= 0.6 is 0 Å². The molecule has 0 saturated carbocycles. The normalized spacial score (nSPS) is 15.6.